The molecule has 0 N–H and O–H groups in total. The third kappa shape index (κ3) is 3.52. The Bertz CT molecular complexity index is 1040. The molecule has 1 amide bonds. The third-order valence-electron chi connectivity index (χ3n) is 5.19. The van der Waals surface area contributed by atoms with Gasteiger partial charge < -0.3 is 9.80 Å². The minimum atomic E-state index is 0.108. The summed E-state index contributed by atoms with van der Waals surface area (Å²) in [5.74, 6) is 0.975. The van der Waals surface area contributed by atoms with E-state index in [9.17, 15) is 4.79 Å². The van der Waals surface area contributed by atoms with Crippen LogP contribution in [-0.4, -0.2) is 46.5 Å². The number of hydrogen-bond acceptors (Lipinski definition) is 4. The van der Waals surface area contributed by atoms with Gasteiger partial charge in [-0.05, 0) is 36.8 Å². The maximum Gasteiger partial charge on any atom is 0.219 e. The molecule has 2 aromatic carbocycles. The van der Waals surface area contributed by atoms with E-state index in [0.29, 0.717) is 16.6 Å². The van der Waals surface area contributed by atoms with Crippen molar-refractivity contribution in [3.05, 3.63) is 52.8 Å². The number of fused-ring (bicyclic) bond motifs is 1. The Balaban J connectivity index is 1.76. The second-order valence-corrected chi connectivity index (χ2v) is 7.90. The van der Waals surface area contributed by atoms with E-state index in [2.05, 4.69) is 21.8 Å². The highest BCUT2D eigenvalue weighted by atomic mass is 35.5. The fourth-order valence-electron chi connectivity index (χ4n) is 3.78. The second-order valence-electron chi connectivity index (χ2n) is 7.06. The number of nitrogens with zero attached hydrogens (tertiary/aromatic N) is 4. The van der Waals surface area contributed by atoms with Crippen LogP contribution in [-0.2, 0) is 4.79 Å². The molecule has 4 rings (SSSR count). The molecule has 1 aliphatic heterocycles. The van der Waals surface area contributed by atoms with E-state index in [1.807, 2.05) is 41.3 Å². The third-order valence-corrected chi connectivity index (χ3v) is 5.75. The van der Waals surface area contributed by atoms with Crippen LogP contribution >= 0.6 is 23.2 Å². The SMILES string of the molecule is CC(=O)N1CCN(c2ncnc3cc(Cl)c(-c4ccc(Cl)cc4)cc23)CC1C. The first-order chi connectivity index (χ1) is 13.4. The van der Waals surface area contributed by atoms with Crippen molar-refractivity contribution in [3.8, 4) is 11.1 Å². The molecule has 7 heteroatoms. The molecule has 1 saturated heterocycles. The van der Waals surface area contributed by atoms with Crippen LogP contribution in [0.5, 0.6) is 0 Å². The van der Waals surface area contributed by atoms with E-state index in [1.165, 1.54) is 0 Å². The van der Waals surface area contributed by atoms with Crippen LogP contribution < -0.4 is 4.90 Å². The van der Waals surface area contributed by atoms with Crippen LogP contribution in [0.1, 0.15) is 13.8 Å². The summed E-state index contributed by atoms with van der Waals surface area (Å²) in [4.78, 5) is 24.9. The lowest BCUT2D eigenvalue weighted by Crippen LogP contribution is -2.53. The molecule has 144 valence electrons. The normalized spacial score (nSPS) is 17.2. The number of piperazine rings is 1. The zero-order valence-corrected chi connectivity index (χ0v) is 17.2. The number of rotatable bonds is 2. The first kappa shape index (κ1) is 19.0. The number of anilines is 1. The van der Waals surface area contributed by atoms with Crippen molar-refractivity contribution in [2.24, 2.45) is 0 Å². The Morgan fingerprint density at radius 1 is 1.11 bits per heavy atom. The predicted octanol–water partition coefficient (Wildman–Crippen LogP) is 4.66. The molecule has 1 aromatic heterocycles. The van der Waals surface area contributed by atoms with Crippen molar-refractivity contribution in [2.75, 3.05) is 24.5 Å². The van der Waals surface area contributed by atoms with Crippen LogP contribution in [0.4, 0.5) is 5.82 Å². The molecule has 1 unspecified atom stereocenters. The van der Waals surface area contributed by atoms with Gasteiger partial charge in [-0.1, -0.05) is 35.3 Å². The molecule has 2 heterocycles. The lowest BCUT2D eigenvalue weighted by atomic mass is 10.0. The van der Waals surface area contributed by atoms with Crippen molar-refractivity contribution < 1.29 is 4.79 Å². The maximum absolute atomic E-state index is 11.8. The van der Waals surface area contributed by atoms with Crippen LogP contribution in [0.3, 0.4) is 0 Å². The molecule has 5 nitrogen and oxygen atoms in total. The summed E-state index contributed by atoms with van der Waals surface area (Å²) < 4.78 is 0. The summed E-state index contributed by atoms with van der Waals surface area (Å²) in [6.07, 6.45) is 1.57. The highest BCUT2D eigenvalue weighted by Crippen LogP contribution is 2.35. The molecule has 28 heavy (non-hydrogen) atoms. The molecular weight excluding hydrogens is 395 g/mol. The quantitative estimate of drug-likeness (QED) is 0.611. The average molecular weight is 415 g/mol. The van der Waals surface area contributed by atoms with Gasteiger partial charge in [0.25, 0.3) is 0 Å². The Morgan fingerprint density at radius 3 is 2.54 bits per heavy atom. The van der Waals surface area contributed by atoms with Gasteiger partial charge in [0.1, 0.15) is 12.1 Å². The van der Waals surface area contributed by atoms with Crippen molar-refractivity contribution in [1.82, 2.24) is 14.9 Å². The summed E-state index contributed by atoms with van der Waals surface area (Å²) >= 11 is 12.6. The number of hydrogen-bond donors (Lipinski definition) is 0. The Morgan fingerprint density at radius 2 is 1.86 bits per heavy atom. The molecule has 1 aliphatic rings. The number of aromatic nitrogens is 2. The Kier molecular flexibility index (Phi) is 5.13. The lowest BCUT2D eigenvalue weighted by Gasteiger charge is -2.40. The maximum atomic E-state index is 11.8. The van der Waals surface area contributed by atoms with Gasteiger partial charge in [0.15, 0.2) is 0 Å². The molecule has 0 bridgehead atoms. The fourth-order valence-corrected chi connectivity index (χ4v) is 4.18. The van der Waals surface area contributed by atoms with Gasteiger partial charge in [0.2, 0.25) is 5.91 Å². The number of carbonyl (C=O) groups excluding carboxylic acids is 1. The van der Waals surface area contributed by atoms with Gasteiger partial charge in [-0.15, -0.1) is 0 Å². The lowest BCUT2D eigenvalue weighted by molar-refractivity contribution is -0.131. The number of halogens is 2. The summed E-state index contributed by atoms with van der Waals surface area (Å²) in [5.41, 5.74) is 2.70. The summed E-state index contributed by atoms with van der Waals surface area (Å²) in [6.45, 7) is 5.82. The largest absolute Gasteiger partial charge is 0.352 e. The van der Waals surface area contributed by atoms with E-state index in [1.54, 1.807) is 13.3 Å². The van der Waals surface area contributed by atoms with E-state index in [4.69, 9.17) is 23.2 Å². The minimum absolute atomic E-state index is 0.108. The highest BCUT2D eigenvalue weighted by Gasteiger charge is 2.27. The van der Waals surface area contributed by atoms with Crippen LogP contribution in [0.25, 0.3) is 22.0 Å². The average Bonchev–Trinajstić information content (AvgIpc) is 2.67. The predicted molar refractivity (Wildman–Crippen MR) is 114 cm³/mol. The summed E-state index contributed by atoms with van der Waals surface area (Å²) in [5, 5.41) is 2.26. The zero-order chi connectivity index (χ0) is 19.8. The minimum Gasteiger partial charge on any atom is -0.352 e. The highest BCUT2D eigenvalue weighted by molar-refractivity contribution is 6.34. The fraction of sp³-hybridized carbons (Fsp3) is 0.286. The Labute approximate surface area is 173 Å². The van der Waals surface area contributed by atoms with E-state index in [0.717, 1.165) is 40.9 Å². The first-order valence-corrected chi connectivity index (χ1v) is 9.92. The van der Waals surface area contributed by atoms with Gasteiger partial charge in [0, 0.05) is 48.6 Å². The van der Waals surface area contributed by atoms with E-state index >= 15 is 0 Å². The standard InChI is InChI=1S/C21H20Cl2N4O/c1-13-11-26(7-8-27(13)14(2)28)21-18-9-17(15-3-5-16(22)6-4-15)19(23)10-20(18)24-12-25-21/h3-6,9-10,12-13H,7-8,11H2,1-2H3. The van der Waals surface area contributed by atoms with E-state index < -0.39 is 0 Å². The summed E-state index contributed by atoms with van der Waals surface area (Å²) in [7, 11) is 0. The van der Waals surface area contributed by atoms with Crippen LogP contribution in [0.15, 0.2) is 42.7 Å². The smallest absolute Gasteiger partial charge is 0.219 e. The molecule has 0 spiro atoms. The van der Waals surface area contributed by atoms with E-state index in [-0.39, 0.29) is 11.9 Å². The van der Waals surface area contributed by atoms with Crippen LogP contribution in [0.2, 0.25) is 10.0 Å². The summed E-state index contributed by atoms with van der Waals surface area (Å²) in [6, 6.07) is 11.6. The monoisotopic (exact) mass is 414 g/mol. The van der Waals surface area contributed by atoms with Crippen LogP contribution in [0, 0.1) is 0 Å². The molecule has 0 aliphatic carbocycles. The Hall–Kier alpha value is -2.37. The molecule has 0 radical (unpaired) electrons. The number of amides is 1. The van der Waals surface area contributed by atoms with Gasteiger partial charge in [-0.25, -0.2) is 9.97 Å². The first-order valence-electron chi connectivity index (χ1n) is 9.16. The molecular formula is C21H20Cl2N4O. The number of carbonyl (C=O) groups is 1. The zero-order valence-electron chi connectivity index (χ0n) is 15.7. The molecule has 0 saturated carbocycles. The van der Waals surface area contributed by atoms with Gasteiger partial charge >= 0.3 is 0 Å². The second kappa shape index (κ2) is 7.57. The van der Waals surface area contributed by atoms with Gasteiger partial charge in [-0.2, -0.15) is 0 Å². The van der Waals surface area contributed by atoms with Crippen molar-refractivity contribution in [1.29, 1.82) is 0 Å². The molecule has 1 atom stereocenters. The van der Waals surface area contributed by atoms with Crippen molar-refractivity contribution in [2.45, 2.75) is 19.9 Å². The number of benzene rings is 2. The van der Waals surface area contributed by atoms with Gasteiger partial charge in [0.05, 0.1) is 10.5 Å². The molecule has 3 aromatic rings. The topological polar surface area (TPSA) is 49.3 Å². The van der Waals surface area contributed by atoms with Crippen molar-refractivity contribution in [3.63, 3.8) is 0 Å². The van der Waals surface area contributed by atoms with Crippen molar-refractivity contribution >= 4 is 45.8 Å². The van der Waals surface area contributed by atoms with Gasteiger partial charge in [-0.3, -0.25) is 4.79 Å². The molecule has 1 fully saturated rings.